The Morgan fingerprint density at radius 3 is 2.81 bits per heavy atom. The first kappa shape index (κ1) is 21.4. The summed E-state index contributed by atoms with van der Waals surface area (Å²) >= 11 is 1.36. The highest BCUT2D eigenvalue weighted by atomic mass is 32.2. The van der Waals surface area contributed by atoms with Crippen molar-refractivity contribution in [1.82, 2.24) is 19.7 Å². The highest BCUT2D eigenvalue weighted by Crippen LogP contribution is 2.22. The lowest BCUT2D eigenvalue weighted by Crippen LogP contribution is -2.33. The molecule has 2 amide bonds. The molecule has 1 aliphatic heterocycles. The van der Waals surface area contributed by atoms with Crippen LogP contribution in [-0.2, 0) is 27.3 Å². The van der Waals surface area contributed by atoms with Gasteiger partial charge in [-0.25, -0.2) is 0 Å². The molecular formula is C18H29N5O3S. The number of primary amides is 1. The molecule has 0 saturated carbocycles. The number of nitrogens with two attached hydrogens (primary N) is 1. The van der Waals surface area contributed by atoms with E-state index in [1.54, 1.807) is 4.90 Å². The largest absolute Gasteiger partial charge is 0.376 e. The standard InChI is InChI=1S/C18H29N5O3S/c1-4-22(10-13(2)3)17(25)12-27-18-21-20-16(8-7-15(19)24)23(18)11-14-6-5-9-26-14/h14H,2,4-12H2,1,3H3,(H2,19,24)/t14-/m0/s1. The Hall–Kier alpha value is -1.87. The van der Waals surface area contributed by atoms with Gasteiger partial charge in [0.1, 0.15) is 5.82 Å². The maximum atomic E-state index is 12.5. The maximum absolute atomic E-state index is 12.5. The Morgan fingerprint density at radius 1 is 1.44 bits per heavy atom. The number of carbonyl (C=O) groups is 2. The molecule has 0 spiro atoms. The second-order valence-electron chi connectivity index (χ2n) is 6.76. The molecule has 9 heteroatoms. The first-order valence-corrected chi connectivity index (χ1v) is 10.3. The Labute approximate surface area is 164 Å². The van der Waals surface area contributed by atoms with E-state index in [4.69, 9.17) is 10.5 Å². The van der Waals surface area contributed by atoms with Crippen LogP contribution in [0.4, 0.5) is 0 Å². The van der Waals surface area contributed by atoms with Crippen LogP contribution < -0.4 is 5.73 Å². The summed E-state index contributed by atoms with van der Waals surface area (Å²) < 4.78 is 7.69. The van der Waals surface area contributed by atoms with Crippen LogP contribution in [0.3, 0.4) is 0 Å². The molecule has 1 atom stereocenters. The molecule has 150 valence electrons. The minimum atomic E-state index is -0.371. The van der Waals surface area contributed by atoms with Gasteiger partial charge in [0.05, 0.1) is 18.4 Å². The number of hydrogen-bond acceptors (Lipinski definition) is 6. The topological polar surface area (TPSA) is 103 Å². The fraction of sp³-hybridized carbons (Fsp3) is 0.667. The van der Waals surface area contributed by atoms with Gasteiger partial charge in [0, 0.05) is 32.5 Å². The van der Waals surface area contributed by atoms with E-state index in [1.807, 2.05) is 18.4 Å². The van der Waals surface area contributed by atoms with E-state index in [1.165, 1.54) is 11.8 Å². The summed E-state index contributed by atoms with van der Waals surface area (Å²) in [5.41, 5.74) is 6.21. The highest BCUT2D eigenvalue weighted by Gasteiger charge is 2.22. The van der Waals surface area contributed by atoms with Gasteiger partial charge in [-0.05, 0) is 26.7 Å². The van der Waals surface area contributed by atoms with Crippen molar-refractivity contribution in [2.75, 3.05) is 25.4 Å². The lowest BCUT2D eigenvalue weighted by molar-refractivity contribution is -0.127. The molecule has 0 aliphatic carbocycles. The molecule has 2 heterocycles. The number of hydrogen-bond donors (Lipinski definition) is 1. The van der Waals surface area contributed by atoms with Crippen molar-refractivity contribution in [3.8, 4) is 0 Å². The van der Waals surface area contributed by atoms with Crippen LogP contribution >= 0.6 is 11.8 Å². The molecule has 1 aromatic heterocycles. The second-order valence-corrected chi connectivity index (χ2v) is 7.71. The van der Waals surface area contributed by atoms with E-state index in [-0.39, 0.29) is 30.1 Å². The Kier molecular flexibility index (Phi) is 8.30. The van der Waals surface area contributed by atoms with Crippen LogP contribution in [-0.4, -0.2) is 63.0 Å². The SMILES string of the molecule is C=C(C)CN(CC)C(=O)CSc1nnc(CCC(N)=O)n1C[C@@H]1CCCO1. The van der Waals surface area contributed by atoms with Crippen molar-refractivity contribution >= 4 is 23.6 Å². The first-order valence-electron chi connectivity index (χ1n) is 9.27. The van der Waals surface area contributed by atoms with Gasteiger partial charge in [0.2, 0.25) is 11.8 Å². The van der Waals surface area contributed by atoms with Crippen LogP contribution in [0.5, 0.6) is 0 Å². The summed E-state index contributed by atoms with van der Waals surface area (Å²) in [4.78, 5) is 25.4. The first-order chi connectivity index (χ1) is 12.9. The Balaban J connectivity index is 2.06. The van der Waals surface area contributed by atoms with Gasteiger partial charge in [0.25, 0.3) is 0 Å². The summed E-state index contributed by atoms with van der Waals surface area (Å²) in [6, 6.07) is 0. The quantitative estimate of drug-likeness (QED) is 0.449. The molecule has 0 bridgehead atoms. The predicted molar refractivity (Wildman–Crippen MR) is 104 cm³/mol. The second kappa shape index (κ2) is 10.5. The lowest BCUT2D eigenvalue weighted by atomic mass is 10.2. The molecule has 2 rings (SSSR count). The maximum Gasteiger partial charge on any atom is 0.233 e. The van der Waals surface area contributed by atoms with Crippen molar-refractivity contribution in [2.45, 2.75) is 57.3 Å². The number of rotatable bonds is 11. The Morgan fingerprint density at radius 2 is 2.22 bits per heavy atom. The van der Waals surface area contributed by atoms with Gasteiger partial charge in [-0.1, -0.05) is 23.9 Å². The number of thioether (sulfide) groups is 1. The summed E-state index contributed by atoms with van der Waals surface area (Å²) in [5, 5.41) is 9.12. The monoisotopic (exact) mass is 395 g/mol. The number of carbonyl (C=O) groups excluding carboxylic acids is 2. The molecule has 2 N–H and O–H groups in total. The van der Waals surface area contributed by atoms with Crippen molar-refractivity contribution in [2.24, 2.45) is 5.73 Å². The highest BCUT2D eigenvalue weighted by molar-refractivity contribution is 7.99. The zero-order valence-corrected chi connectivity index (χ0v) is 17.0. The molecule has 0 unspecified atom stereocenters. The fourth-order valence-electron chi connectivity index (χ4n) is 2.94. The summed E-state index contributed by atoms with van der Waals surface area (Å²) in [7, 11) is 0. The van der Waals surface area contributed by atoms with Crippen LogP contribution in [0.25, 0.3) is 0 Å². The van der Waals surface area contributed by atoms with Gasteiger partial charge in [-0.15, -0.1) is 10.2 Å². The Bertz CT molecular complexity index is 670. The zero-order valence-electron chi connectivity index (χ0n) is 16.1. The molecular weight excluding hydrogens is 366 g/mol. The summed E-state index contributed by atoms with van der Waals surface area (Å²) in [5.74, 6) is 0.648. The predicted octanol–water partition coefficient (Wildman–Crippen LogP) is 1.39. The van der Waals surface area contributed by atoms with Crippen molar-refractivity contribution < 1.29 is 14.3 Å². The minimum absolute atomic E-state index is 0.0378. The van der Waals surface area contributed by atoms with Crippen LogP contribution in [0, 0.1) is 0 Å². The molecule has 1 aliphatic rings. The molecule has 0 aromatic carbocycles. The van der Waals surface area contributed by atoms with E-state index in [0.29, 0.717) is 37.0 Å². The van der Waals surface area contributed by atoms with Gasteiger partial charge >= 0.3 is 0 Å². The number of ether oxygens (including phenoxy) is 1. The third kappa shape index (κ3) is 6.66. The van der Waals surface area contributed by atoms with Gasteiger partial charge in [-0.3, -0.25) is 9.59 Å². The normalized spacial score (nSPS) is 16.4. The van der Waals surface area contributed by atoms with E-state index in [0.717, 1.165) is 25.0 Å². The molecule has 0 radical (unpaired) electrons. The zero-order chi connectivity index (χ0) is 19.8. The van der Waals surface area contributed by atoms with Crippen LogP contribution in [0.15, 0.2) is 17.3 Å². The minimum Gasteiger partial charge on any atom is -0.376 e. The summed E-state index contributed by atoms with van der Waals surface area (Å²) in [6.07, 6.45) is 2.78. The van der Waals surface area contributed by atoms with E-state index in [9.17, 15) is 9.59 Å². The number of aromatic nitrogens is 3. The van der Waals surface area contributed by atoms with Crippen molar-refractivity contribution in [3.05, 3.63) is 18.0 Å². The van der Waals surface area contributed by atoms with Gasteiger partial charge in [0.15, 0.2) is 5.16 Å². The average molecular weight is 396 g/mol. The van der Waals surface area contributed by atoms with E-state index < -0.39 is 0 Å². The third-order valence-electron chi connectivity index (χ3n) is 4.32. The molecule has 8 nitrogen and oxygen atoms in total. The van der Waals surface area contributed by atoms with Crippen molar-refractivity contribution in [1.29, 1.82) is 0 Å². The third-order valence-corrected chi connectivity index (χ3v) is 5.27. The molecule has 27 heavy (non-hydrogen) atoms. The molecule has 1 fully saturated rings. The van der Waals surface area contributed by atoms with Crippen LogP contribution in [0.2, 0.25) is 0 Å². The van der Waals surface area contributed by atoms with E-state index >= 15 is 0 Å². The number of likely N-dealkylation sites (N-methyl/N-ethyl adjacent to an activating group) is 1. The lowest BCUT2D eigenvalue weighted by Gasteiger charge is -2.21. The average Bonchev–Trinajstić information content (AvgIpc) is 3.26. The smallest absolute Gasteiger partial charge is 0.233 e. The molecule has 1 saturated heterocycles. The fourth-order valence-corrected chi connectivity index (χ4v) is 3.81. The van der Waals surface area contributed by atoms with Crippen LogP contribution in [0.1, 0.15) is 38.9 Å². The van der Waals surface area contributed by atoms with E-state index in [2.05, 4.69) is 16.8 Å². The summed E-state index contributed by atoms with van der Waals surface area (Å²) in [6.45, 7) is 10.3. The molecule has 1 aromatic rings. The number of nitrogens with zero attached hydrogens (tertiary/aromatic N) is 4. The number of amides is 2. The van der Waals surface area contributed by atoms with Gasteiger partial charge < -0.3 is 19.9 Å². The number of aryl methyl sites for hydroxylation is 1. The van der Waals surface area contributed by atoms with Crippen molar-refractivity contribution in [3.63, 3.8) is 0 Å². The van der Waals surface area contributed by atoms with Gasteiger partial charge in [-0.2, -0.15) is 0 Å².